The van der Waals surface area contributed by atoms with Crippen molar-refractivity contribution in [1.82, 2.24) is 10.9 Å². The first-order valence-electron chi connectivity index (χ1n) is 5.54. The smallest absolute Gasteiger partial charge is 0.425 e. The quantitative estimate of drug-likeness (QED) is 0.833. The van der Waals surface area contributed by atoms with E-state index < -0.39 is 12.0 Å². The molecule has 0 aliphatic rings. The predicted molar refractivity (Wildman–Crippen MR) is 72.9 cm³/mol. The third-order valence-corrected chi connectivity index (χ3v) is 2.64. The normalized spacial score (nSPS) is 9.95. The van der Waals surface area contributed by atoms with Crippen LogP contribution in [0.2, 0.25) is 0 Å². The summed E-state index contributed by atoms with van der Waals surface area (Å²) in [6, 6.07) is 4.87. The van der Waals surface area contributed by atoms with Gasteiger partial charge in [0, 0.05) is 5.56 Å². The van der Waals surface area contributed by atoms with Crippen LogP contribution in [0.4, 0.5) is 4.79 Å². The highest BCUT2D eigenvalue weighted by molar-refractivity contribution is 9.10. The van der Waals surface area contributed by atoms with Gasteiger partial charge in [-0.2, -0.15) is 0 Å². The van der Waals surface area contributed by atoms with Gasteiger partial charge in [0.05, 0.1) is 17.7 Å². The molecule has 0 bridgehead atoms. The molecule has 7 heteroatoms. The summed E-state index contributed by atoms with van der Waals surface area (Å²) < 4.78 is 10.5. The summed E-state index contributed by atoms with van der Waals surface area (Å²) in [5.41, 5.74) is 4.68. The molecule has 2 amide bonds. The number of hydrogen-bond donors (Lipinski definition) is 2. The molecular formula is C12H15BrN2O4. The van der Waals surface area contributed by atoms with Crippen LogP contribution in [0.5, 0.6) is 5.75 Å². The Balaban J connectivity index is 2.71. The van der Waals surface area contributed by atoms with Gasteiger partial charge in [0.25, 0.3) is 5.91 Å². The summed E-state index contributed by atoms with van der Waals surface area (Å²) >= 11 is 3.32. The highest BCUT2D eigenvalue weighted by atomic mass is 79.9. The highest BCUT2D eigenvalue weighted by Crippen LogP contribution is 2.26. The van der Waals surface area contributed by atoms with E-state index in [4.69, 9.17) is 4.74 Å². The summed E-state index contributed by atoms with van der Waals surface area (Å²) in [6.07, 6.45) is -0.704. The van der Waals surface area contributed by atoms with E-state index in [1.165, 1.54) is 7.11 Å². The van der Waals surface area contributed by atoms with Gasteiger partial charge in [-0.3, -0.25) is 10.2 Å². The van der Waals surface area contributed by atoms with Gasteiger partial charge in [0.15, 0.2) is 0 Å². The van der Waals surface area contributed by atoms with Crippen molar-refractivity contribution in [2.24, 2.45) is 0 Å². The first-order chi connectivity index (χ1) is 8.93. The van der Waals surface area contributed by atoms with Crippen LogP contribution in [0.25, 0.3) is 0 Å². The number of hydrogen-bond acceptors (Lipinski definition) is 4. The van der Waals surface area contributed by atoms with E-state index in [1.54, 1.807) is 18.2 Å². The minimum absolute atomic E-state index is 0.0389. The summed E-state index contributed by atoms with van der Waals surface area (Å²) in [7, 11) is 1.20. The molecule has 2 N–H and O–H groups in total. The van der Waals surface area contributed by atoms with Crippen LogP contribution >= 0.6 is 15.9 Å². The van der Waals surface area contributed by atoms with Gasteiger partial charge in [-0.15, -0.1) is 0 Å². The third kappa shape index (κ3) is 4.78. The molecule has 0 fully saturated rings. The van der Waals surface area contributed by atoms with Gasteiger partial charge in [0.2, 0.25) is 0 Å². The van der Waals surface area contributed by atoms with E-state index in [1.807, 2.05) is 13.8 Å². The molecular weight excluding hydrogens is 316 g/mol. The largest absolute Gasteiger partial charge is 0.490 e. The molecule has 1 aromatic carbocycles. The van der Waals surface area contributed by atoms with Gasteiger partial charge in [-0.25, -0.2) is 10.2 Å². The monoisotopic (exact) mass is 330 g/mol. The average Bonchev–Trinajstić information content (AvgIpc) is 2.37. The molecule has 1 aromatic rings. The number of carbonyl (C=O) groups excluding carboxylic acids is 2. The third-order valence-electron chi connectivity index (χ3n) is 2.02. The Morgan fingerprint density at radius 2 is 1.95 bits per heavy atom. The molecule has 104 valence electrons. The molecule has 1 rings (SSSR count). The van der Waals surface area contributed by atoms with Gasteiger partial charge < -0.3 is 9.47 Å². The summed E-state index contributed by atoms with van der Waals surface area (Å²) in [6.45, 7) is 3.82. The van der Waals surface area contributed by atoms with Gasteiger partial charge in [-0.05, 0) is 48.0 Å². The molecule has 0 radical (unpaired) electrons. The minimum atomic E-state index is -0.743. The Labute approximate surface area is 119 Å². The SMILES string of the molecule is COC(=O)NNC(=O)c1ccc(OC(C)C)c(Br)c1. The number of benzene rings is 1. The van der Waals surface area contributed by atoms with E-state index >= 15 is 0 Å². The lowest BCUT2D eigenvalue weighted by molar-refractivity contribution is 0.0920. The molecule has 19 heavy (non-hydrogen) atoms. The number of carbonyl (C=O) groups is 2. The van der Waals surface area contributed by atoms with Crippen molar-refractivity contribution in [2.75, 3.05) is 7.11 Å². The molecule has 0 unspecified atom stereocenters. The van der Waals surface area contributed by atoms with Crippen LogP contribution in [-0.4, -0.2) is 25.2 Å². The van der Waals surface area contributed by atoms with Crippen LogP contribution in [0.1, 0.15) is 24.2 Å². The van der Waals surface area contributed by atoms with Crippen molar-refractivity contribution in [1.29, 1.82) is 0 Å². The van der Waals surface area contributed by atoms with E-state index in [0.29, 0.717) is 15.8 Å². The fourth-order valence-corrected chi connectivity index (χ4v) is 1.69. The number of hydrazine groups is 1. The zero-order valence-corrected chi connectivity index (χ0v) is 12.4. The molecule has 0 heterocycles. The van der Waals surface area contributed by atoms with Gasteiger partial charge in [-0.1, -0.05) is 0 Å². The van der Waals surface area contributed by atoms with Crippen LogP contribution < -0.4 is 15.6 Å². The fourth-order valence-electron chi connectivity index (χ4n) is 1.22. The summed E-state index contributed by atoms with van der Waals surface area (Å²) in [5, 5.41) is 0. The number of rotatable bonds is 3. The number of nitrogens with one attached hydrogen (secondary N) is 2. The molecule has 0 aliphatic heterocycles. The Hall–Kier alpha value is -1.76. The van der Waals surface area contributed by atoms with Crippen molar-refractivity contribution in [3.05, 3.63) is 28.2 Å². The van der Waals surface area contributed by atoms with Crippen LogP contribution in [0.3, 0.4) is 0 Å². The second kappa shape index (κ2) is 6.98. The maximum Gasteiger partial charge on any atom is 0.425 e. The molecule has 0 atom stereocenters. The number of methoxy groups -OCH3 is 1. The lowest BCUT2D eigenvalue weighted by atomic mass is 10.2. The standard InChI is InChI=1S/C12H15BrN2O4/c1-7(2)19-10-5-4-8(6-9(10)13)11(16)14-15-12(17)18-3/h4-7H,1-3H3,(H,14,16)(H,15,17). The maximum absolute atomic E-state index is 11.7. The number of halogens is 1. The van der Waals surface area contributed by atoms with Crippen LogP contribution in [0, 0.1) is 0 Å². The Kier molecular flexibility index (Phi) is 5.62. The first kappa shape index (κ1) is 15.3. The molecule has 0 saturated heterocycles. The van der Waals surface area contributed by atoms with Crippen molar-refractivity contribution >= 4 is 27.9 Å². The minimum Gasteiger partial charge on any atom is -0.490 e. The average molecular weight is 331 g/mol. The Bertz CT molecular complexity index is 477. The Morgan fingerprint density at radius 3 is 2.47 bits per heavy atom. The van der Waals surface area contributed by atoms with Crippen molar-refractivity contribution in [3.8, 4) is 5.75 Å². The molecule has 0 spiro atoms. The molecule has 0 saturated carbocycles. The Morgan fingerprint density at radius 1 is 1.26 bits per heavy atom. The number of ether oxygens (including phenoxy) is 2. The van der Waals surface area contributed by atoms with Crippen LogP contribution in [0.15, 0.2) is 22.7 Å². The van der Waals surface area contributed by atoms with Crippen LogP contribution in [-0.2, 0) is 4.74 Å². The summed E-state index contributed by atoms with van der Waals surface area (Å²) in [4.78, 5) is 22.5. The second-order valence-corrected chi connectivity index (χ2v) is 4.74. The molecule has 0 aromatic heterocycles. The van der Waals surface area contributed by atoms with E-state index in [2.05, 4.69) is 31.5 Å². The van der Waals surface area contributed by atoms with Gasteiger partial charge in [0.1, 0.15) is 5.75 Å². The lowest BCUT2D eigenvalue weighted by Gasteiger charge is -2.12. The summed E-state index contributed by atoms with van der Waals surface area (Å²) in [5.74, 6) is 0.190. The zero-order chi connectivity index (χ0) is 14.4. The van der Waals surface area contributed by atoms with Gasteiger partial charge >= 0.3 is 6.09 Å². The topological polar surface area (TPSA) is 76.7 Å². The zero-order valence-electron chi connectivity index (χ0n) is 10.8. The van der Waals surface area contributed by atoms with Crippen molar-refractivity contribution in [3.63, 3.8) is 0 Å². The van der Waals surface area contributed by atoms with E-state index in [9.17, 15) is 9.59 Å². The maximum atomic E-state index is 11.7. The number of amides is 2. The molecule has 0 aliphatic carbocycles. The van der Waals surface area contributed by atoms with Crippen molar-refractivity contribution in [2.45, 2.75) is 20.0 Å². The van der Waals surface area contributed by atoms with E-state index in [0.717, 1.165) is 0 Å². The molecule has 6 nitrogen and oxygen atoms in total. The lowest BCUT2D eigenvalue weighted by Crippen LogP contribution is -2.41. The highest BCUT2D eigenvalue weighted by Gasteiger charge is 2.10. The van der Waals surface area contributed by atoms with E-state index in [-0.39, 0.29) is 6.10 Å². The fraction of sp³-hybridized carbons (Fsp3) is 0.333. The second-order valence-electron chi connectivity index (χ2n) is 3.88. The van der Waals surface area contributed by atoms with Crippen molar-refractivity contribution < 1.29 is 19.1 Å². The first-order valence-corrected chi connectivity index (χ1v) is 6.34. The predicted octanol–water partition coefficient (Wildman–Crippen LogP) is 2.24.